The highest BCUT2D eigenvalue weighted by molar-refractivity contribution is 8.69. The van der Waals surface area contributed by atoms with Crippen LogP contribution >= 0.6 is 10.8 Å². The van der Waals surface area contributed by atoms with Gasteiger partial charge >= 0.3 is 5.97 Å². The minimum absolute atomic E-state index is 0.146. The SMILES string of the molecule is COC(=O)CCCCC1CCSS1=O. The largest absolute Gasteiger partial charge is 0.469 e. The van der Waals surface area contributed by atoms with Crippen LogP contribution in [0.3, 0.4) is 0 Å². The fourth-order valence-corrected chi connectivity index (χ4v) is 4.93. The lowest BCUT2D eigenvalue weighted by atomic mass is 10.1. The van der Waals surface area contributed by atoms with Crippen molar-refractivity contribution in [3.63, 3.8) is 0 Å². The number of carbonyl (C=O) groups is 1. The Morgan fingerprint density at radius 2 is 2.36 bits per heavy atom. The summed E-state index contributed by atoms with van der Waals surface area (Å²) in [6.45, 7) is 0. The molecule has 5 heteroatoms. The second-order valence-corrected chi connectivity index (χ2v) is 6.84. The first-order valence-corrected chi connectivity index (χ1v) is 7.56. The zero-order chi connectivity index (χ0) is 10.4. The van der Waals surface area contributed by atoms with Crippen molar-refractivity contribution < 1.29 is 13.7 Å². The van der Waals surface area contributed by atoms with Crippen molar-refractivity contribution in [2.24, 2.45) is 0 Å². The molecule has 0 spiro atoms. The average Bonchev–Trinajstić information content (AvgIpc) is 2.58. The van der Waals surface area contributed by atoms with Gasteiger partial charge in [0.25, 0.3) is 0 Å². The summed E-state index contributed by atoms with van der Waals surface area (Å²) in [5, 5.41) is 0.359. The second-order valence-electron chi connectivity index (χ2n) is 3.32. The summed E-state index contributed by atoms with van der Waals surface area (Å²) in [4.78, 5) is 10.8. The summed E-state index contributed by atoms with van der Waals surface area (Å²) in [7, 11) is 2.29. The molecule has 0 saturated carbocycles. The zero-order valence-electron chi connectivity index (χ0n) is 8.36. The molecule has 1 heterocycles. The molecule has 14 heavy (non-hydrogen) atoms. The minimum atomic E-state index is -0.676. The van der Waals surface area contributed by atoms with Gasteiger partial charge in [0.05, 0.1) is 16.9 Å². The van der Waals surface area contributed by atoms with Crippen LogP contribution in [0.25, 0.3) is 0 Å². The quantitative estimate of drug-likeness (QED) is 0.415. The molecule has 0 radical (unpaired) electrons. The summed E-state index contributed by atoms with van der Waals surface area (Å²) in [5.74, 6) is 0.876. The van der Waals surface area contributed by atoms with Gasteiger partial charge in [0, 0.05) is 17.4 Å². The number of unbranched alkanes of at least 4 members (excludes halogenated alkanes) is 1. The molecule has 0 aromatic rings. The third-order valence-corrected chi connectivity index (χ3v) is 5.96. The Bertz CT molecular complexity index is 218. The molecule has 0 bridgehead atoms. The molecule has 0 aromatic carbocycles. The summed E-state index contributed by atoms with van der Waals surface area (Å²) in [6.07, 6.45) is 4.37. The van der Waals surface area contributed by atoms with Crippen LogP contribution in [-0.2, 0) is 19.4 Å². The van der Waals surface area contributed by atoms with Gasteiger partial charge in [0.2, 0.25) is 0 Å². The van der Waals surface area contributed by atoms with Crippen molar-refractivity contribution in [1.29, 1.82) is 0 Å². The first-order chi connectivity index (χ1) is 6.74. The summed E-state index contributed by atoms with van der Waals surface area (Å²) in [5.41, 5.74) is 0. The van der Waals surface area contributed by atoms with Crippen molar-refractivity contribution >= 4 is 26.6 Å². The van der Waals surface area contributed by atoms with E-state index in [-0.39, 0.29) is 5.97 Å². The Morgan fingerprint density at radius 3 is 2.93 bits per heavy atom. The van der Waals surface area contributed by atoms with Gasteiger partial charge in [-0.05, 0) is 19.3 Å². The van der Waals surface area contributed by atoms with Gasteiger partial charge in [-0.15, -0.1) is 0 Å². The monoisotopic (exact) mass is 236 g/mol. The lowest BCUT2D eigenvalue weighted by molar-refractivity contribution is -0.140. The number of esters is 1. The van der Waals surface area contributed by atoms with Crippen molar-refractivity contribution in [3.8, 4) is 0 Å². The molecular formula is C9H16O3S2. The topological polar surface area (TPSA) is 43.4 Å². The first kappa shape index (κ1) is 12.0. The molecule has 2 unspecified atom stereocenters. The number of rotatable bonds is 5. The Hall–Kier alpha value is -0.0300. The van der Waals surface area contributed by atoms with Crippen LogP contribution in [0, 0.1) is 0 Å². The molecule has 82 valence electrons. The fourth-order valence-electron chi connectivity index (χ4n) is 1.44. The molecule has 0 aromatic heterocycles. The molecule has 0 N–H and O–H groups in total. The number of carbonyl (C=O) groups excluding carboxylic acids is 1. The number of methoxy groups -OCH3 is 1. The van der Waals surface area contributed by atoms with E-state index >= 15 is 0 Å². The molecule has 0 amide bonds. The van der Waals surface area contributed by atoms with Gasteiger partial charge in [-0.25, -0.2) is 4.21 Å². The van der Waals surface area contributed by atoms with E-state index in [1.807, 2.05) is 0 Å². The smallest absolute Gasteiger partial charge is 0.305 e. The maximum atomic E-state index is 11.3. The Balaban J connectivity index is 2.03. The maximum absolute atomic E-state index is 11.3. The van der Waals surface area contributed by atoms with E-state index in [4.69, 9.17) is 0 Å². The van der Waals surface area contributed by atoms with Gasteiger partial charge in [0.15, 0.2) is 0 Å². The molecule has 0 aliphatic carbocycles. The van der Waals surface area contributed by atoms with Gasteiger partial charge in [0.1, 0.15) is 0 Å². The second kappa shape index (κ2) is 6.45. The molecule has 2 atom stereocenters. The third-order valence-electron chi connectivity index (χ3n) is 2.30. The van der Waals surface area contributed by atoms with Crippen LogP contribution in [0.1, 0.15) is 32.1 Å². The van der Waals surface area contributed by atoms with Crippen LogP contribution in [-0.4, -0.2) is 28.3 Å². The van der Waals surface area contributed by atoms with Crippen molar-refractivity contribution in [3.05, 3.63) is 0 Å². The van der Waals surface area contributed by atoms with E-state index in [2.05, 4.69) is 4.74 Å². The molecule has 1 aliphatic heterocycles. The minimum Gasteiger partial charge on any atom is -0.469 e. The lowest BCUT2D eigenvalue weighted by Crippen LogP contribution is -2.07. The normalized spacial score (nSPS) is 26.4. The van der Waals surface area contributed by atoms with E-state index < -0.39 is 9.83 Å². The fraction of sp³-hybridized carbons (Fsp3) is 0.889. The van der Waals surface area contributed by atoms with Crippen LogP contribution in [0.4, 0.5) is 0 Å². The molecule has 1 rings (SSSR count). The third kappa shape index (κ3) is 4.00. The Kier molecular flexibility index (Phi) is 5.55. The van der Waals surface area contributed by atoms with E-state index in [0.29, 0.717) is 11.7 Å². The molecule has 3 nitrogen and oxygen atoms in total. The molecular weight excluding hydrogens is 220 g/mol. The average molecular weight is 236 g/mol. The van der Waals surface area contributed by atoms with Crippen LogP contribution in [0.2, 0.25) is 0 Å². The van der Waals surface area contributed by atoms with E-state index in [9.17, 15) is 9.00 Å². The van der Waals surface area contributed by atoms with Gasteiger partial charge in [-0.1, -0.05) is 17.2 Å². The van der Waals surface area contributed by atoms with E-state index in [0.717, 1.165) is 31.4 Å². The molecule has 1 saturated heterocycles. The van der Waals surface area contributed by atoms with Gasteiger partial charge in [-0.2, -0.15) is 0 Å². The van der Waals surface area contributed by atoms with Crippen molar-refractivity contribution in [1.82, 2.24) is 0 Å². The van der Waals surface area contributed by atoms with Crippen LogP contribution in [0.5, 0.6) is 0 Å². The zero-order valence-corrected chi connectivity index (χ0v) is 9.99. The molecule has 1 aliphatic rings. The van der Waals surface area contributed by atoms with Crippen LogP contribution in [0.15, 0.2) is 0 Å². The first-order valence-electron chi connectivity index (χ1n) is 4.84. The predicted molar refractivity (Wildman–Crippen MR) is 59.5 cm³/mol. The summed E-state index contributed by atoms with van der Waals surface area (Å²) >= 11 is 0. The van der Waals surface area contributed by atoms with Gasteiger partial charge < -0.3 is 4.74 Å². The summed E-state index contributed by atoms with van der Waals surface area (Å²) in [6, 6.07) is 0. The van der Waals surface area contributed by atoms with Crippen molar-refractivity contribution in [2.45, 2.75) is 37.4 Å². The molecule has 1 fully saturated rings. The predicted octanol–water partition coefficient (Wildman–Crippen LogP) is 1.89. The van der Waals surface area contributed by atoms with Crippen LogP contribution < -0.4 is 0 Å². The Morgan fingerprint density at radius 1 is 1.57 bits per heavy atom. The maximum Gasteiger partial charge on any atom is 0.305 e. The highest BCUT2D eigenvalue weighted by atomic mass is 33.1. The van der Waals surface area contributed by atoms with E-state index in [1.54, 1.807) is 10.8 Å². The summed E-state index contributed by atoms with van der Waals surface area (Å²) < 4.78 is 15.9. The number of hydrogen-bond donors (Lipinski definition) is 0. The Labute approximate surface area is 90.8 Å². The van der Waals surface area contributed by atoms with Gasteiger partial charge in [-0.3, -0.25) is 4.79 Å². The number of ether oxygens (including phenoxy) is 1. The number of hydrogen-bond acceptors (Lipinski definition) is 4. The van der Waals surface area contributed by atoms with E-state index in [1.165, 1.54) is 7.11 Å². The highest BCUT2D eigenvalue weighted by Crippen LogP contribution is 2.29. The standard InChI is InChI=1S/C9H16O3S2/c1-12-9(10)5-3-2-4-8-6-7-13-14(8)11/h8H,2-7H2,1H3. The lowest BCUT2D eigenvalue weighted by Gasteiger charge is -2.05. The highest BCUT2D eigenvalue weighted by Gasteiger charge is 2.23. The van der Waals surface area contributed by atoms with Crippen molar-refractivity contribution in [2.75, 3.05) is 12.9 Å².